The molecule has 0 spiro atoms. The lowest BCUT2D eigenvalue weighted by atomic mass is 9.94. The average Bonchev–Trinajstić information content (AvgIpc) is 2.61. The van der Waals surface area contributed by atoms with Crippen LogP contribution < -0.4 is 0 Å². The van der Waals surface area contributed by atoms with Gasteiger partial charge in [0.05, 0.1) is 5.25 Å². The molecule has 0 aromatic carbocycles. The summed E-state index contributed by atoms with van der Waals surface area (Å²) in [5.74, 6) is -0.371. The zero-order valence-electron chi connectivity index (χ0n) is 7.59. The van der Waals surface area contributed by atoms with Gasteiger partial charge in [0.1, 0.15) is 0 Å². The maximum Gasteiger partial charge on any atom is 0.303 e. The number of hydrogen-bond acceptors (Lipinski definition) is 3. The largest absolute Gasteiger partial charge is 0.481 e. The molecule has 0 radical (unpaired) electrons. The topological polar surface area (TPSA) is 49.7 Å². The number of rotatable bonds is 3. The maximum atomic E-state index is 10.4. The Morgan fingerprint density at radius 3 is 3.29 bits per heavy atom. The van der Waals surface area contributed by atoms with Crippen molar-refractivity contribution in [3.63, 3.8) is 0 Å². The smallest absolute Gasteiger partial charge is 0.303 e. The molecule has 0 saturated carbocycles. The van der Waals surface area contributed by atoms with Gasteiger partial charge in [-0.2, -0.15) is 0 Å². The summed E-state index contributed by atoms with van der Waals surface area (Å²) in [6.45, 7) is 0. The summed E-state index contributed by atoms with van der Waals surface area (Å²) in [6, 6.07) is 0. The molecule has 1 aliphatic heterocycles. The first kappa shape index (κ1) is 9.52. The van der Waals surface area contributed by atoms with E-state index in [-0.39, 0.29) is 6.42 Å². The maximum absolute atomic E-state index is 10.4. The molecule has 3 nitrogen and oxygen atoms in total. The van der Waals surface area contributed by atoms with Crippen molar-refractivity contribution in [1.82, 2.24) is 0 Å². The van der Waals surface area contributed by atoms with Gasteiger partial charge in [0, 0.05) is 18.6 Å². The number of aliphatic carboxylic acids is 1. The second kappa shape index (κ2) is 4.00. The third-order valence-corrected chi connectivity index (χ3v) is 3.29. The van der Waals surface area contributed by atoms with Crippen LogP contribution in [0.3, 0.4) is 0 Å². The molecule has 2 aliphatic rings. The quantitative estimate of drug-likeness (QED) is 0.724. The van der Waals surface area contributed by atoms with Gasteiger partial charge in [0.2, 0.25) is 0 Å². The zero-order valence-corrected chi connectivity index (χ0v) is 8.41. The van der Waals surface area contributed by atoms with Gasteiger partial charge >= 0.3 is 5.97 Å². The first-order chi connectivity index (χ1) is 6.75. The molecule has 14 heavy (non-hydrogen) atoms. The van der Waals surface area contributed by atoms with Gasteiger partial charge in [0.25, 0.3) is 0 Å². The Balaban J connectivity index is 1.97. The van der Waals surface area contributed by atoms with Crippen LogP contribution in [0, 0.1) is 5.92 Å². The van der Waals surface area contributed by atoms with E-state index in [0.29, 0.717) is 17.6 Å². The van der Waals surface area contributed by atoms with Gasteiger partial charge < -0.3 is 5.11 Å². The summed E-state index contributed by atoms with van der Waals surface area (Å²) < 4.78 is 4.14. The highest BCUT2D eigenvalue weighted by Gasteiger charge is 2.23. The van der Waals surface area contributed by atoms with Gasteiger partial charge in [-0.05, 0) is 18.4 Å². The van der Waals surface area contributed by atoms with Crippen LogP contribution in [0.1, 0.15) is 12.8 Å². The second-order valence-corrected chi connectivity index (χ2v) is 4.36. The molecule has 0 aromatic rings. The van der Waals surface area contributed by atoms with Crippen LogP contribution in [-0.2, 0) is 4.79 Å². The molecule has 0 amide bonds. The monoisotopic (exact) mass is 209 g/mol. The lowest BCUT2D eigenvalue weighted by Crippen LogP contribution is -2.13. The number of fused-ring (bicyclic) bond motifs is 1. The van der Waals surface area contributed by atoms with Crippen molar-refractivity contribution in [1.29, 1.82) is 0 Å². The van der Waals surface area contributed by atoms with Gasteiger partial charge in [-0.1, -0.05) is 23.8 Å². The first-order valence-electron chi connectivity index (χ1n) is 4.56. The van der Waals surface area contributed by atoms with E-state index in [9.17, 15) is 4.79 Å². The Morgan fingerprint density at radius 1 is 1.64 bits per heavy atom. The molecule has 2 unspecified atom stereocenters. The normalized spacial score (nSPS) is 28.7. The predicted octanol–water partition coefficient (Wildman–Crippen LogP) is 2.06. The summed E-state index contributed by atoms with van der Waals surface area (Å²) in [6.07, 6.45) is 9.01. The summed E-state index contributed by atoms with van der Waals surface area (Å²) in [5.41, 5.74) is 1.11. The first-order valence-corrected chi connectivity index (χ1v) is 5.39. The summed E-state index contributed by atoms with van der Waals surface area (Å²) >= 11 is 1.57. The lowest BCUT2D eigenvalue weighted by Gasteiger charge is -2.15. The lowest BCUT2D eigenvalue weighted by molar-refractivity contribution is -0.136. The van der Waals surface area contributed by atoms with E-state index in [0.717, 1.165) is 5.57 Å². The van der Waals surface area contributed by atoms with Crippen molar-refractivity contribution in [3.8, 4) is 0 Å². The van der Waals surface area contributed by atoms with Crippen molar-refractivity contribution >= 4 is 24.1 Å². The Bertz CT molecular complexity index is 333. The third-order valence-electron chi connectivity index (χ3n) is 2.33. The van der Waals surface area contributed by atoms with E-state index >= 15 is 0 Å². The van der Waals surface area contributed by atoms with Gasteiger partial charge in [-0.15, -0.1) is 0 Å². The van der Waals surface area contributed by atoms with Crippen LogP contribution in [0.25, 0.3) is 0 Å². The van der Waals surface area contributed by atoms with Crippen molar-refractivity contribution in [3.05, 3.63) is 23.8 Å². The Morgan fingerprint density at radius 2 is 2.50 bits per heavy atom. The molecular weight excluding hydrogens is 198 g/mol. The van der Waals surface area contributed by atoms with Crippen LogP contribution in [0.2, 0.25) is 0 Å². The molecule has 1 aliphatic carbocycles. The minimum Gasteiger partial charge on any atom is -0.481 e. The fourth-order valence-electron chi connectivity index (χ4n) is 1.57. The van der Waals surface area contributed by atoms with Crippen LogP contribution >= 0.6 is 11.9 Å². The summed E-state index contributed by atoms with van der Waals surface area (Å²) in [4.78, 5) is 10.4. The second-order valence-electron chi connectivity index (χ2n) is 3.40. The van der Waals surface area contributed by atoms with E-state index in [1.54, 1.807) is 11.9 Å². The molecule has 0 saturated heterocycles. The molecule has 0 bridgehead atoms. The summed E-state index contributed by atoms with van der Waals surface area (Å²) in [5, 5.41) is 8.98. The van der Waals surface area contributed by atoms with E-state index in [1.165, 1.54) is 0 Å². The molecule has 4 heteroatoms. The van der Waals surface area contributed by atoms with E-state index in [2.05, 4.69) is 16.5 Å². The minimum atomic E-state index is -0.740. The van der Waals surface area contributed by atoms with Crippen molar-refractivity contribution in [2.75, 3.05) is 0 Å². The Hall–Kier alpha value is -1.03. The van der Waals surface area contributed by atoms with E-state index < -0.39 is 5.97 Å². The summed E-state index contributed by atoms with van der Waals surface area (Å²) in [7, 11) is 0. The van der Waals surface area contributed by atoms with E-state index in [4.69, 9.17) is 5.11 Å². The molecule has 2 atom stereocenters. The van der Waals surface area contributed by atoms with Gasteiger partial charge in [-0.25, -0.2) is 4.40 Å². The third kappa shape index (κ3) is 2.07. The van der Waals surface area contributed by atoms with Crippen LogP contribution in [0.5, 0.6) is 0 Å². The van der Waals surface area contributed by atoms with Crippen molar-refractivity contribution < 1.29 is 9.90 Å². The number of nitrogens with zero attached hydrogens (tertiary/aromatic N) is 1. The number of hydrogen-bond donors (Lipinski definition) is 1. The van der Waals surface area contributed by atoms with Crippen LogP contribution in [0.4, 0.5) is 0 Å². The highest BCUT2D eigenvalue weighted by Crippen LogP contribution is 2.33. The average molecular weight is 209 g/mol. The SMILES string of the molecule is O=C(O)CCC1=CC2C=NSC2C=C1. The highest BCUT2D eigenvalue weighted by molar-refractivity contribution is 7.99. The Labute approximate surface area is 86.7 Å². The highest BCUT2D eigenvalue weighted by atomic mass is 32.2. The zero-order chi connectivity index (χ0) is 9.97. The van der Waals surface area contributed by atoms with Crippen molar-refractivity contribution in [2.24, 2.45) is 10.3 Å². The van der Waals surface area contributed by atoms with Crippen molar-refractivity contribution in [2.45, 2.75) is 18.1 Å². The molecule has 0 aromatic heterocycles. The van der Waals surface area contributed by atoms with Crippen LogP contribution in [-0.4, -0.2) is 22.5 Å². The van der Waals surface area contributed by atoms with Gasteiger partial charge in [-0.3, -0.25) is 4.79 Å². The number of carboxylic acids is 1. The minimum absolute atomic E-state index is 0.206. The molecular formula is C10H11NO2S. The fraction of sp³-hybridized carbons (Fsp3) is 0.400. The molecule has 1 N–H and O–H groups in total. The molecule has 1 heterocycles. The Kier molecular flexibility index (Phi) is 2.72. The van der Waals surface area contributed by atoms with E-state index in [1.807, 2.05) is 12.3 Å². The molecule has 2 rings (SSSR count). The predicted molar refractivity (Wildman–Crippen MR) is 57.5 cm³/mol. The molecule has 74 valence electrons. The number of carboxylic acid groups (broad SMARTS) is 1. The van der Waals surface area contributed by atoms with Crippen LogP contribution in [0.15, 0.2) is 28.2 Å². The fourth-order valence-corrected chi connectivity index (χ4v) is 2.36. The molecule has 0 fully saturated rings. The van der Waals surface area contributed by atoms with Gasteiger partial charge in [0.15, 0.2) is 0 Å². The number of allylic oxidation sites excluding steroid dienone is 3. The number of carbonyl (C=O) groups is 1. The standard InChI is InChI=1S/C10H11NO2S/c12-10(13)4-2-7-1-3-9-8(5-7)6-11-14-9/h1,3,5-6,8-9H,2,4H2,(H,12,13).